The maximum absolute atomic E-state index is 3.47. The monoisotopic (exact) mass is 321 g/mol. The third-order valence-corrected chi connectivity index (χ3v) is 4.71. The molecule has 1 N–H and O–H groups in total. The van der Waals surface area contributed by atoms with E-state index >= 15 is 0 Å². The molecule has 0 heterocycles. The minimum absolute atomic E-state index is 0.763. The van der Waals surface area contributed by atoms with Gasteiger partial charge in [-0.25, -0.2) is 0 Å². The van der Waals surface area contributed by atoms with Crippen molar-refractivity contribution in [1.82, 2.24) is 0 Å². The lowest BCUT2D eigenvalue weighted by molar-refractivity contribution is 1.20. The lowest BCUT2D eigenvalue weighted by Gasteiger charge is -2.17. The van der Waals surface area contributed by atoms with Crippen molar-refractivity contribution in [3.63, 3.8) is 0 Å². The van der Waals surface area contributed by atoms with E-state index in [-0.39, 0.29) is 0 Å². The van der Waals surface area contributed by atoms with Crippen LogP contribution in [0.1, 0.15) is 22.3 Å². The predicted molar refractivity (Wildman–Crippen MR) is 76.0 cm³/mol. The summed E-state index contributed by atoms with van der Waals surface area (Å²) in [5.74, 6) is 0. The average molecular weight is 321 g/mol. The Morgan fingerprint density at radius 2 is 1.43 bits per heavy atom. The number of rotatable bonds is 2. The first kappa shape index (κ1) is 12.3. The van der Waals surface area contributed by atoms with Gasteiger partial charge in [0.25, 0.3) is 0 Å². The third kappa shape index (κ3) is 2.06. The molecule has 0 spiro atoms. The van der Waals surface area contributed by atoms with E-state index < -0.39 is 0 Å². The molecule has 1 unspecified atom stereocenters. The van der Waals surface area contributed by atoms with Crippen molar-refractivity contribution in [3.8, 4) is 0 Å². The Hall–Kier alpha value is 0.180. The zero-order valence-electron chi connectivity index (χ0n) is 9.38. The van der Waals surface area contributed by atoms with Gasteiger partial charge in [-0.2, -0.15) is 0 Å². The quantitative estimate of drug-likeness (QED) is 0.637. The number of halogens is 1. The van der Waals surface area contributed by atoms with Crippen molar-refractivity contribution in [3.05, 3.63) is 25.8 Å². The highest BCUT2D eigenvalue weighted by atomic mass is 127. The van der Waals surface area contributed by atoms with E-state index in [9.17, 15) is 0 Å². The fraction of sp³-hybridized carbons (Fsp3) is 0.455. The summed E-state index contributed by atoms with van der Waals surface area (Å²) in [6.45, 7) is 11.0. The van der Waals surface area contributed by atoms with Crippen LogP contribution in [-0.4, -0.2) is 6.66 Å². The zero-order chi connectivity index (χ0) is 10.9. The van der Waals surface area contributed by atoms with Gasteiger partial charge in [-0.15, -0.1) is 0 Å². The second-order valence-corrected chi connectivity index (χ2v) is 5.39. The van der Waals surface area contributed by atoms with E-state index in [1.54, 1.807) is 0 Å². The number of hydrogen-bond acceptors (Lipinski definition) is 1. The first-order valence-corrected chi connectivity index (χ1v) is 7.27. The number of nitrogens with one attached hydrogen (secondary N) is 1. The Labute approximate surface area is 102 Å². The molecule has 0 aliphatic rings. The van der Waals surface area contributed by atoms with Crippen molar-refractivity contribution in [2.24, 2.45) is 0 Å². The Morgan fingerprint density at radius 1 is 0.929 bits per heavy atom. The summed E-state index contributed by atoms with van der Waals surface area (Å²) in [6, 6.07) is 0. The van der Waals surface area contributed by atoms with E-state index in [4.69, 9.17) is 0 Å². The highest BCUT2D eigenvalue weighted by molar-refractivity contribution is 14.1. The van der Waals surface area contributed by atoms with Crippen molar-refractivity contribution < 1.29 is 0 Å². The van der Waals surface area contributed by atoms with Gasteiger partial charge in [0.1, 0.15) is 0 Å². The Morgan fingerprint density at radius 3 is 1.93 bits per heavy atom. The van der Waals surface area contributed by atoms with Crippen LogP contribution in [0.4, 0.5) is 5.69 Å². The van der Waals surface area contributed by atoms with Crippen LogP contribution >= 0.6 is 31.3 Å². The summed E-state index contributed by atoms with van der Waals surface area (Å²) in [5.41, 5.74) is 6.98. The van der Waals surface area contributed by atoms with Gasteiger partial charge in [-0.1, -0.05) is 0 Å². The molecule has 1 rings (SSSR count). The van der Waals surface area contributed by atoms with E-state index in [1.807, 2.05) is 0 Å². The van der Waals surface area contributed by atoms with Gasteiger partial charge in [0.15, 0.2) is 0 Å². The third-order valence-electron chi connectivity index (χ3n) is 2.86. The molecule has 0 aliphatic heterocycles. The first-order valence-electron chi connectivity index (χ1n) is 4.69. The highest BCUT2D eigenvalue weighted by Gasteiger charge is 2.11. The highest BCUT2D eigenvalue weighted by Crippen LogP contribution is 2.33. The van der Waals surface area contributed by atoms with Crippen LogP contribution in [-0.2, 0) is 0 Å². The topological polar surface area (TPSA) is 12.0 Å². The molecule has 0 aliphatic carbocycles. The summed E-state index contributed by atoms with van der Waals surface area (Å²) >= 11 is 2.44. The van der Waals surface area contributed by atoms with Crippen LogP contribution in [0.25, 0.3) is 0 Å². The molecule has 0 saturated heterocycles. The minimum Gasteiger partial charge on any atom is -0.366 e. The molecule has 14 heavy (non-hydrogen) atoms. The van der Waals surface area contributed by atoms with Crippen LogP contribution in [0.3, 0.4) is 0 Å². The lowest BCUT2D eigenvalue weighted by Crippen LogP contribution is -2.00. The number of hydrogen-bond donors (Lipinski definition) is 1. The van der Waals surface area contributed by atoms with Crippen molar-refractivity contribution in [1.29, 1.82) is 0 Å². The molecular weight excluding hydrogens is 304 g/mol. The molecule has 0 fully saturated rings. The maximum atomic E-state index is 3.47. The summed E-state index contributed by atoms with van der Waals surface area (Å²) in [5, 5.41) is 3.47. The van der Waals surface area contributed by atoms with Crippen molar-refractivity contribution in [2.45, 2.75) is 27.7 Å². The smallest absolute Gasteiger partial charge is 0.0541 e. The van der Waals surface area contributed by atoms with E-state index in [0.29, 0.717) is 0 Å². The van der Waals surface area contributed by atoms with E-state index in [0.717, 1.165) is 8.73 Å². The fourth-order valence-electron chi connectivity index (χ4n) is 1.54. The van der Waals surface area contributed by atoms with Crippen LogP contribution in [0.2, 0.25) is 0 Å². The summed E-state index contributed by atoms with van der Waals surface area (Å²) in [7, 11) is 0.763. The van der Waals surface area contributed by atoms with Gasteiger partial charge in [0.05, 0.1) is 5.69 Å². The van der Waals surface area contributed by atoms with Crippen LogP contribution < -0.4 is 5.09 Å². The van der Waals surface area contributed by atoms with E-state index in [2.05, 4.69) is 62.0 Å². The average Bonchev–Trinajstić information content (AvgIpc) is 2.19. The first-order chi connectivity index (χ1) is 6.50. The zero-order valence-corrected chi connectivity index (χ0v) is 12.5. The maximum Gasteiger partial charge on any atom is 0.0541 e. The standard InChI is InChI=1S/C11H17INP/c1-6-7(2)9(4)11(13-14-5)10(12)8(6)3/h13-14H,1-5H3. The molecule has 0 amide bonds. The van der Waals surface area contributed by atoms with Crippen LogP contribution in [0.15, 0.2) is 0 Å². The van der Waals surface area contributed by atoms with Crippen LogP contribution in [0, 0.1) is 31.3 Å². The van der Waals surface area contributed by atoms with E-state index in [1.165, 1.54) is 31.5 Å². The Balaban J connectivity index is 3.43. The number of benzene rings is 1. The molecule has 78 valence electrons. The summed E-state index contributed by atoms with van der Waals surface area (Å²) < 4.78 is 1.37. The summed E-state index contributed by atoms with van der Waals surface area (Å²) in [4.78, 5) is 0. The van der Waals surface area contributed by atoms with Gasteiger partial charge in [0, 0.05) is 3.57 Å². The van der Waals surface area contributed by atoms with Gasteiger partial charge < -0.3 is 5.09 Å². The molecule has 1 atom stereocenters. The molecule has 0 aromatic heterocycles. The van der Waals surface area contributed by atoms with Gasteiger partial charge in [-0.3, -0.25) is 0 Å². The largest absolute Gasteiger partial charge is 0.366 e. The molecule has 0 saturated carbocycles. The van der Waals surface area contributed by atoms with Gasteiger partial charge >= 0.3 is 0 Å². The lowest BCUT2D eigenvalue weighted by atomic mass is 9.98. The van der Waals surface area contributed by atoms with Crippen LogP contribution in [0.5, 0.6) is 0 Å². The molecule has 0 bridgehead atoms. The molecule has 0 radical (unpaired) electrons. The predicted octanol–water partition coefficient (Wildman–Crippen LogP) is 4.16. The Kier molecular flexibility index (Phi) is 4.20. The normalized spacial score (nSPS) is 11.3. The minimum atomic E-state index is 0.763. The molecular formula is C11H17INP. The fourth-order valence-corrected chi connectivity index (χ4v) is 3.30. The van der Waals surface area contributed by atoms with Gasteiger partial charge in [0.2, 0.25) is 0 Å². The second kappa shape index (κ2) is 4.80. The SMILES string of the molecule is CPNc1c(C)c(C)c(C)c(C)c1I. The second-order valence-electron chi connectivity index (χ2n) is 3.56. The van der Waals surface area contributed by atoms with Crippen molar-refractivity contribution >= 4 is 37.0 Å². The van der Waals surface area contributed by atoms with Gasteiger partial charge in [-0.05, 0) is 87.9 Å². The number of anilines is 1. The molecule has 3 heteroatoms. The molecule has 1 aromatic rings. The summed E-state index contributed by atoms with van der Waals surface area (Å²) in [6.07, 6.45) is 0. The molecule has 1 aromatic carbocycles. The molecule has 1 nitrogen and oxygen atoms in total. The van der Waals surface area contributed by atoms with Crippen molar-refractivity contribution in [2.75, 3.05) is 11.8 Å². The Bertz CT molecular complexity index is 332.